The van der Waals surface area contributed by atoms with Crippen molar-refractivity contribution in [3.63, 3.8) is 0 Å². The molecule has 2 aliphatic rings. The predicted molar refractivity (Wildman–Crippen MR) is 255 cm³/mol. The van der Waals surface area contributed by atoms with Crippen LogP contribution >= 0.6 is 0 Å². The SMILES string of the molecule is C1=CC2c3cc(-c4ccccc4)c4ccccc4c3OC2C(c2ccc(N(c3cccc(-c4ccccc4)c3)c3ccc4c5ccccc5n(-c5ccccc5)c4c3)cc2)=C1. The van der Waals surface area contributed by atoms with E-state index in [1.165, 1.54) is 55.1 Å². The average Bonchev–Trinajstić information content (AvgIpc) is 3.88. The Hall–Kier alpha value is -7.88. The number of para-hydroxylation sites is 2. The third-order valence-corrected chi connectivity index (χ3v) is 12.5. The number of ether oxygens (including phenoxy) is 1. The molecule has 0 fully saturated rings. The molecule has 288 valence electrons. The Balaban J connectivity index is 0.963. The Morgan fingerprint density at radius 3 is 1.84 bits per heavy atom. The van der Waals surface area contributed by atoms with E-state index in [-0.39, 0.29) is 12.0 Å². The molecule has 0 radical (unpaired) electrons. The molecule has 2 unspecified atom stereocenters. The van der Waals surface area contributed by atoms with Crippen molar-refractivity contribution in [2.45, 2.75) is 12.0 Å². The Bertz CT molecular complexity index is 3330. The molecular formula is C58H40N2O. The van der Waals surface area contributed by atoms with Gasteiger partial charge in [0.25, 0.3) is 0 Å². The number of anilines is 3. The summed E-state index contributed by atoms with van der Waals surface area (Å²) in [5.41, 5.74) is 15.2. The fourth-order valence-electron chi connectivity index (χ4n) is 9.72. The van der Waals surface area contributed by atoms with Crippen molar-refractivity contribution >= 4 is 55.2 Å². The number of aromatic nitrogens is 1. The van der Waals surface area contributed by atoms with Gasteiger partial charge in [-0.15, -0.1) is 0 Å². The van der Waals surface area contributed by atoms with Crippen LogP contribution in [-0.4, -0.2) is 10.7 Å². The number of hydrogen-bond acceptors (Lipinski definition) is 2. The zero-order chi connectivity index (χ0) is 40.3. The highest BCUT2D eigenvalue weighted by Gasteiger charge is 2.38. The number of fused-ring (bicyclic) bond motifs is 8. The molecule has 12 rings (SSSR count). The quantitative estimate of drug-likeness (QED) is 0.160. The number of hydrogen-bond donors (Lipinski definition) is 0. The molecule has 2 heterocycles. The Morgan fingerprint density at radius 2 is 1.05 bits per heavy atom. The number of benzene rings is 9. The maximum absolute atomic E-state index is 7.03. The normalized spacial score (nSPS) is 15.4. The van der Waals surface area contributed by atoms with Crippen LogP contribution in [0.25, 0.3) is 66.1 Å². The second-order valence-electron chi connectivity index (χ2n) is 16.0. The van der Waals surface area contributed by atoms with E-state index in [1.54, 1.807) is 0 Å². The highest BCUT2D eigenvalue weighted by Crippen LogP contribution is 2.51. The first-order valence-electron chi connectivity index (χ1n) is 21.1. The van der Waals surface area contributed by atoms with Gasteiger partial charge in [0.15, 0.2) is 0 Å². The molecule has 61 heavy (non-hydrogen) atoms. The van der Waals surface area contributed by atoms with Gasteiger partial charge in [0, 0.05) is 56.0 Å². The highest BCUT2D eigenvalue weighted by atomic mass is 16.5. The van der Waals surface area contributed by atoms with Gasteiger partial charge in [0.1, 0.15) is 11.9 Å². The van der Waals surface area contributed by atoms with Gasteiger partial charge in [-0.2, -0.15) is 0 Å². The Kier molecular flexibility index (Phi) is 8.31. The van der Waals surface area contributed by atoms with Crippen molar-refractivity contribution in [2.75, 3.05) is 4.90 Å². The van der Waals surface area contributed by atoms with Crippen LogP contribution in [0.4, 0.5) is 17.1 Å². The second kappa shape index (κ2) is 14.4. The molecule has 3 nitrogen and oxygen atoms in total. The van der Waals surface area contributed by atoms with Gasteiger partial charge < -0.3 is 14.2 Å². The van der Waals surface area contributed by atoms with Gasteiger partial charge in [0.05, 0.1) is 11.0 Å². The van der Waals surface area contributed by atoms with E-state index < -0.39 is 0 Å². The van der Waals surface area contributed by atoms with Crippen LogP contribution in [0.2, 0.25) is 0 Å². The predicted octanol–water partition coefficient (Wildman–Crippen LogP) is 15.2. The van der Waals surface area contributed by atoms with Gasteiger partial charge in [-0.25, -0.2) is 0 Å². The van der Waals surface area contributed by atoms with Crippen molar-refractivity contribution in [3.05, 3.63) is 242 Å². The van der Waals surface area contributed by atoms with Gasteiger partial charge in [-0.3, -0.25) is 0 Å². The lowest BCUT2D eigenvalue weighted by molar-refractivity contribution is 0.281. The fourth-order valence-corrected chi connectivity index (χ4v) is 9.72. The van der Waals surface area contributed by atoms with Gasteiger partial charge in [-0.05, 0) is 93.9 Å². The van der Waals surface area contributed by atoms with Crippen molar-refractivity contribution in [3.8, 4) is 33.7 Å². The Labute approximate surface area is 355 Å². The van der Waals surface area contributed by atoms with E-state index in [9.17, 15) is 0 Å². The summed E-state index contributed by atoms with van der Waals surface area (Å²) in [5.74, 6) is 1.11. The average molecular weight is 781 g/mol. The zero-order valence-corrected chi connectivity index (χ0v) is 33.4. The third kappa shape index (κ3) is 5.89. The zero-order valence-electron chi connectivity index (χ0n) is 33.4. The Morgan fingerprint density at radius 1 is 0.426 bits per heavy atom. The van der Waals surface area contributed by atoms with E-state index in [0.717, 1.165) is 45.0 Å². The summed E-state index contributed by atoms with van der Waals surface area (Å²) < 4.78 is 9.42. The molecule has 0 N–H and O–H groups in total. The maximum atomic E-state index is 7.03. The van der Waals surface area contributed by atoms with Crippen LogP contribution < -0.4 is 9.64 Å². The molecule has 0 saturated heterocycles. The summed E-state index contributed by atoms with van der Waals surface area (Å²) in [7, 11) is 0. The first-order valence-corrected chi connectivity index (χ1v) is 21.1. The topological polar surface area (TPSA) is 17.4 Å². The molecule has 1 aliphatic carbocycles. The minimum atomic E-state index is -0.124. The minimum absolute atomic E-state index is 0.113. The first-order chi connectivity index (χ1) is 30.3. The van der Waals surface area contributed by atoms with Crippen molar-refractivity contribution in [1.29, 1.82) is 0 Å². The van der Waals surface area contributed by atoms with E-state index in [2.05, 4.69) is 240 Å². The standard InChI is InChI=1S/C58H40N2O/c1-4-16-39(17-5-1)42-20-14-23-45(36-42)59(46-34-35-50-49-25-12-13-29-55(49)60(56(50)37-46)43-21-8-3-9-22-43)44-32-30-41(31-33-44)47-27-15-28-52-54-38-53(40-18-6-2-7-19-40)48-24-10-11-26-51(48)58(54)61-57(47)52/h1-38,52,57H. The number of allylic oxidation sites excluding steroid dienone is 2. The van der Waals surface area contributed by atoms with Crippen molar-refractivity contribution in [2.24, 2.45) is 0 Å². The molecule has 0 bridgehead atoms. The smallest absolute Gasteiger partial charge is 0.135 e. The summed E-state index contributed by atoms with van der Waals surface area (Å²) in [6.07, 6.45) is 6.63. The molecule has 1 aliphatic heterocycles. The third-order valence-electron chi connectivity index (χ3n) is 12.5. The minimum Gasteiger partial charge on any atom is -0.484 e. The largest absolute Gasteiger partial charge is 0.484 e. The van der Waals surface area contributed by atoms with Crippen molar-refractivity contribution in [1.82, 2.24) is 4.57 Å². The summed E-state index contributed by atoms with van der Waals surface area (Å²) in [6.45, 7) is 0. The second-order valence-corrected chi connectivity index (χ2v) is 16.0. The van der Waals surface area contributed by atoms with Crippen LogP contribution in [-0.2, 0) is 0 Å². The lowest BCUT2D eigenvalue weighted by Gasteiger charge is -2.27. The van der Waals surface area contributed by atoms with Crippen LogP contribution in [0.5, 0.6) is 5.75 Å². The van der Waals surface area contributed by atoms with Gasteiger partial charge in [-0.1, -0.05) is 170 Å². The number of rotatable bonds is 7. The van der Waals surface area contributed by atoms with E-state index in [4.69, 9.17) is 4.74 Å². The highest BCUT2D eigenvalue weighted by molar-refractivity contribution is 6.10. The van der Waals surface area contributed by atoms with E-state index in [0.29, 0.717) is 0 Å². The van der Waals surface area contributed by atoms with Crippen LogP contribution in [0.15, 0.2) is 231 Å². The first kappa shape index (κ1) is 35.1. The molecule has 0 spiro atoms. The molecule has 9 aromatic carbocycles. The lowest BCUT2D eigenvalue weighted by Crippen LogP contribution is -2.21. The number of nitrogens with zero attached hydrogens (tertiary/aromatic N) is 2. The summed E-state index contributed by atoms with van der Waals surface area (Å²) in [6, 6.07) is 76.6. The lowest BCUT2D eigenvalue weighted by atomic mass is 9.82. The molecule has 1 aromatic heterocycles. The monoisotopic (exact) mass is 780 g/mol. The molecular weight excluding hydrogens is 741 g/mol. The summed E-state index contributed by atoms with van der Waals surface area (Å²) in [4.78, 5) is 2.39. The molecule has 0 saturated carbocycles. The molecule has 10 aromatic rings. The molecule has 2 atom stereocenters. The maximum Gasteiger partial charge on any atom is 0.135 e. The van der Waals surface area contributed by atoms with Gasteiger partial charge in [0.2, 0.25) is 0 Å². The van der Waals surface area contributed by atoms with E-state index >= 15 is 0 Å². The fraction of sp³-hybridized carbons (Fsp3) is 0.0345. The van der Waals surface area contributed by atoms with Crippen molar-refractivity contribution < 1.29 is 4.74 Å². The van der Waals surface area contributed by atoms with Gasteiger partial charge >= 0.3 is 0 Å². The molecule has 0 amide bonds. The van der Waals surface area contributed by atoms with Crippen LogP contribution in [0.3, 0.4) is 0 Å². The summed E-state index contributed by atoms with van der Waals surface area (Å²) in [5, 5.41) is 4.84. The van der Waals surface area contributed by atoms with E-state index in [1.807, 2.05) is 0 Å². The van der Waals surface area contributed by atoms with Crippen LogP contribution in [0, 0.1) is 0 Å². The molecule has 3 heteroatoms. The summed E-state index contributed by atoms with van der Waals surface area (Å²) >= 11 is 0. The van der Waals surface area contributed by atoms with Crippen LogP contribution in [0.1, 0.15) is 17.0 Å².